The minimum atomic E-state index is -0.968. The first-order valence-corrected chi connectivity index (χ1v) is 3.84. The summed E-state index contributed by atoms with van der Waals surface area (Å²) in [4.78, 5) is 10.4. The largest absolute Gasteiger partial charge is 0.480 e. The summed E-state index contributed by atoms with van der Waals surface area (Å²) < 4.78 is 12.6. The fourth-order valence-electron chi connectivity index (χ4n) is 0.890. The minimum Gasteiger partial charge on any atom is -0.480 e. The highest BCUT2D eigenvalue weighted by Crippen LogP contribution is 2.10. The molecule has 0 saturated carbocycles. The molecular weight excluding hydrogens is 173 g/mol. The Kier molecular flexibility index (Phi) is 2.84. The van der Waals surface area contributed by atoms with Crippen LogP contribution in [0, 0.1) is 5.82 Å². The summed E-state index contributed by atoms with van der Waals surface area (Å²) in [5, 5.41) is 11.2. The van der Waals surface area contributed by atoms with Crippen molar-refractivity contribution < 1.29 is 14.3 Å². The molecule has 1 rings (SSSR count). The number of nitrogens with one attached hydrogen (secondary N) is 1. The summed E-state index contributed by atoms with van der Waals surface area (Å²) in [6.45, 7) is 1.49. The van der Waals surface area contributed by atoms with E-state index < -0.39 is 12.0 Å². The molecule has 3 nitrogen and oxygen atoms in total. The first-order chi connectivity index (χ1) is 6.09. The molecule has 0 aliphatic rings. The van der Waals surface area contributed by atoms with E-state index in [-0.39, 0.29) is 5.82 Å². The van der Waals surface area contributed by atoms with E-state index in [1.807, 2.05) is 0 Å². The fraction of sp³-hybridized carbons (Fsp3) is 0.222. The molecule has 0 fully saturated rings. The number of rotatable bonds is 3. The van der Waals surface area contributed by atoms with Crippen molar-refractivity contribution in [2.24, 2.45) is 0 Å². The number of hydrogen-bond donors (Lipinski definition) is 2. The molecule has 70 valence electrons. The predicted molar refractivity (Wildman–Crippen MR) is 47.1 cm³/mol. The van der Waals surface area contributed by atoms with E-state index in [9.17, 15) is 9.18 Å². The third-order valence-corrected chi connectivity index (χ3v) is 1.58. The van der Waals surface area contributed by atoms with Gasteiger partial charge in [0.2, 0.25) is 0 Å². The lowest BCUT2D eigenvalue weighted by Crippen LogP contribution is -2.25. The van der Waals surface area contributed by atoms with Gasteiger partial charge in [0.25, 0.3) is 0 Å². The third-order valence-electron chi connectivity index (χ3n) is 1.58. The molecular formula is C9H10FNO2. The van der Waals surface area contributed by atoms with Crippen LogP contribution in [0.3, 0.4) is 0 Å². The van der Waals surface area contributed by atoms with E-state index in [0.717, 1.165) is 0 Å². The maximum absolute atomic E-state index is 12.6. The van der Waals surface area contributed by atoms with Gasteiger partial charge < -0.3 is 10.4 Å². The molecule has 0 aliphatic carbocycles. The van der Waals surface area contributed by atoms with Gasteiger partial charge in [-0.2, -0.15) is 0 Å². The van der Waals surface area contributed by atoms with Crippen molar-refractivity contribution in [2.45, 2.75) is 13.0 Å². The van der Waals surface area contributed by atoms with Crippen molar-refractivity contribution >= 4 is 11.7 Å². The number of benzene rings is 1. The van der Waals surface area contributed by atoms with Crippen LogP contribution in [0.15, 0.2) is 24.3 Å². The molecule has 0 spiro atoms. The SMILES string of the molecule is C[C@@H](Nc1cccc(F)c1)C(=O)O. The van der Waals surface area contributed by atoms with E-state index in [2.05, 4.69) is 5.32 Å². The average molecular weight is 183 g/mol. The van der Waals surface area contributed by atoms with Gasteiger partial charge in [-0.15, -0.1) is 0 Å². The number of aliphatic carboxylic acids is 1. The van der Waals surface area contributed by atoms with Gasteiger partial charge >= 0.3 is 5.97 Å². The molecule has 0 amide bonds. The van der Waals surface area contributed by atoms with Crippen LogP contribution in [-0.4, -0.2) is 17.1 Å². The van der Waals surface area contributed by atoms with Crippen LogP contribution in [0.5, 0.6) is 0 Å². The van der Waals surface area contributed by atoms with E-state index in [4.69, 9.17) is 5.11 Å². The summed E-state index contributed by atoms with van der Waals surface area (Å²) in [6.07, 6.45) is 0. The second kappa shape index (κ2) is 3.89. The molecule has 0 aliphatic heterocycles. The Bertz CT molecular complexity index is 314. The second-order valence-electron chi connectivity index (χ2n) is 2.71. The van der Waals surface area contributed by atoms with Gasteiger partial charge in [-0.05, 0) is 25.1 Å². The Hall–Kier alpha value is -1.58. The zero-order chi connectivity index (χ0) is 9.84. The van der Waals surface area contributed by atoms with E-state index in [1.165, 1.54) is 25.1 Å². The maximum Gasteiger partial charge on any atom is 0.325 e. The third kappa shape index (κ3) is 2.74. The molecule has 0 bridgehead atoms. The van der Waals surface area contributed by atoms with Crippen LogP contribution in [0.25, 0.3) is 0 Å². The highest BCUT2D eigenvalue weighted by molar-refractivity contribution is 5.76. The monoisotopic (exact) mass is 183 g/mol. The van der Waals surface area contributed by atoms with Crippen LogP contribution in [0.2, 0.25) is 0 Å². The topological polar surface area (TPSA) is 49.3 Å². The highest BCUT2D eigenvalue weighted by atomic mass is 19.1. The lowest BCUT2D eigenvalue weighted by atomic mass is 10.2. The molecule has 0 unspecified atom stereocenters. The average Bonchev–Trinajstić information content (AvgIpc) is 2.04. The Morgan fingerprint density at radius 1 is 1.62 bits per heavy atom. The normalized spacial score (nSPS) is 12.2. The lowest BCUT2D eigenvalue weighted by molar-refractivity contribution is -0.137. The van der Waals surface area contributed by atoms with Gasteiger partial charge in [-0.3, -0.25) is 4.79 Å². The quantitative estimate of drug-likeness (QED) is 0.750. The Morgan fingerprint density at radius 3 is 2.85 bits per heavy atom. The predicted octanol–water partition coefficient (Wildman–Crippen LogP) is 1.71. The summed E-state index contributed by atoms with van der Waals surface area (Å²) in [5.74, 6) is -1.35. The fourth-order valence-corrected chi connectivity index (χ4v) is 0.890. The number of anilines is 1. The second-order valence-corrected chi connectivity index (χ2v) is 2.71. The molecule has 0 radical (unpaired) electrons. The summed E-state index contributed by atoms with van der Waals surface area (Å²) in [7, 11) is 0. The highest BCUT2D eigenvalue weighted by Gasteiger charge is 2.09. The summed E-state index contributed by atoms with van der Waals surface area (Å²) >= 11 is 0. The van der Waals surface area contributed by atoms with Crippen LogP contribution < -0.4 is 5.32 Å². The van der Waals surface area contributed by atoms with Crippen LogP contribution in [0.1, 0.15) is 6.92 Å². The Morgan fingerprint density at radius 2 is 2.31 bits per heavy atom. The van der Waals surface area contributed by atoms with Crippen molar-refractivity contribution in [3.05, 3.63) is 30.1 Å². The molecule has 2 N–H and O–H groups in total. The van der Waals surface area contributed by atoms with Gasteiger partial charge in [0.05, 0.1) is 0 Å². The van der Waals surface area contributed by atoms with Crippen molar-refractivity contribution in [3.8, 4) is 0 Å². The molecule has 1 aromatic rings. The van der Waals surface area contributed by atoms with E-state index in [0.29, 0.717) is 5.69 Å². The maximum atomic E-state index is 12.6. The van der Waals surface area contributed by atoms with Gasteiger partial charge in [0, 0.05) is 5.69 Å². The van der Waals surface area contributed by atoms with Gasteiger partial charge in [0.1, 0.15) is 11.9 Å². The van der Waals surface area contributed by atoms with Crippen LogP contribution >= 0.6 is 0 Å². The van der Waals surface area contributed by atoms with Gasteiger partial charge in [0.15, 0.2) is 0 Å². The van der Waals surface area contributed by atoms with Crippen molar-refractivity contribution in [2.75, 3.05) is 5.32 Å². The lowest BCUT2D eigenvalue weighted by Gasteiger charge is -2.09. The Labute approximate surface area is 75.2 Å². The molecule has 13 heavy (non-hydrogen) atoms. The molecule has 1 atom stereocenters. The van der Waals surface area contributed by atoms with Crippen LogP contribution in [-0.2, 0) is 4.79 Å². The standard InChI is InChI=1S/C9H10FNO2/c1-6(9(12)13)11-8-4-2-3-7(10)5-8/h2-6,11H,1H3,(H,12,13)/t6-/m1/s1. The Balaban J connectivity index is 2.69. The van der Waals surface area contributed by atoms with Gasteiger partial charge in [-0.25, -0.2) is 4.39 Å². The van der Waals surface area contributed by atoms with Crippen molar-refractivity contribution in [1.29, 1.82) is 0 Å². The van der Waals surface area contributed by atoms with Gasteiger partial charge in [-0.1, -0.05) is 6.07 Å². The number of hydrogen-bond acceptors (Lipinski definition) is 2. The number of carboxylic acids is 1. The summed E-state index contributed by atoms with van der Waals surface area (Å²) in [6, 6.07) is 4.96. The molecule has 0 aromatic heterocycles. The van der Waals surface area contributed by atoms with E-state index in [1.54, 1.807) is 6.07 Å². The van der Waals surface area contributed by atoms with Crippen LogP contribution in [0.4, 0.5) is 10.1 Å². The first-order valence-electron chi connectivity index (χ1n) is 3.84. The summed E-state index contributed by atoms with van der Waals surface area (Å²) in [5.41, 5.74) is 0.468. The molecule has 0 heterocycles. The number of halogens is 1. The minimum absolute atomic E-state index is 0.386. The first kappa shape index (κ1) is 9.51. The number of carboxylic acid groups (broad SMARTS) is 1. The molecule has 1 aromatic carbocycles. The van der Waals surface area contributed by atoms with E-state index >= 15 is 0 Å². The number of carbonyl (C=O) groups is 1. The zero-order valence-corrected chi connectivity index (χ0v) is 7.12. The molecule has 0 saturated heterocycles. The molecule has 4 heteroatoms. The smallest absolute Gasteiger partial charge is 0.325 e. The van der Waals surface area contributed by atoms with Crippen molar-refractivity contribution in [3.63, 3.8) is 0 Å². The zero-order valence-electron chi connectivity index (χ0n) is 7.12. The van der Waals surface area contributed by atoms with Crippen molar-refractivity contribution in [1.82, 2.24) is 0 Å².